The molecule has 0 saturated carbocycles. The van der Waals surface area contributed by atoms with Crippen molar-refractivity contribution < 1.29 is 14.7 Å². The predicted molar refractivity (Wildman–Crippen MR) is 78.1 cm³/mol. The summed E-state index contributed by atoms with van der Waals surface area (Å²) in [5.74, 6) is 0.395. The Balaban J connectivity index is 2.54. The van der Waals surface area contributed by atoms with E-state index in [0.29, 0.717) is 5.75 Å². The zero-order valence-electron chi connectivity index (χ0n) is 9.18. The lowest BCUT2D eigenvalue weighted by molar-refractivity contribution is 0.288. The maximum Gasteiger partial charge on any atom is 0.707 e. The monoisotopic (exact) mass is 370 g/mol. The van der Waals surface area contributed by atoms with Gasteiger partial charge in [0.25, 0.3) is 0 Å². The van der Waals surface area contributed by atoms with Gasteiger partial charge in [-0.3, -0.25) is 0 Å². The van der Waals surface area contributed by atoms with Gasteiger partial charge in [-0.1, -0.05) is 30.3 Å². The Morgan fingerprint density at radius 2 is 1.56 bits per heavy atom. The van der Waals surface area contributed by atoms with Crippen LogP contribution in [0.3, 0.4) is 0 Å². The number of rotatable bonds is 3. The van der Waals surface area contributed by atoms with Gasteiger partial charge in [0.2, 0.25) is 0 Å². The molecule has 2 aromatic carbocycles. The molecular weight excluding hydrogens is 363 g/mol. The van der Waals surface area contributed by atoms with Gasteiger partial charge in [0.05, 0.1) is 0 Å². The average Bonchev–Trinajstić information content (AvgIpc) is 2.34. The maximum absolute atomic E-state index is 8.94. The van der Waals surface area contributed by atoms with Crippen LogP contribution >= 0.6 is 31.9 Å². The van der Waals surface area contributed by atoms with E-state index in [1.807, 2.05) is 36.4 Å². The summed E-state index contributed by atoms with van der Waals surface area (Å²) in [4.78, 5) is 0. The summed E-state index contributed by atoms with van der Waals surface area (Å²) in [6.07, 6.45) is 0. The van der Waals surface area contributed by atoms with E-state index in [0.717, 1.165) is 20.1 Å². The number of hydrogen-bond acceptors (Lipinski definition) is 3. The van der Waals surface area contributed by atoms with Gasteiger partial charge in [0.15, 0.2) is 0 Å². The molecule has 92 valence electrons. The molecule has 0 heterocycles. The third-order valence-corrected chi connectivity index (χ3v) is 4.18. The van der Waals surface area contributed by atoms with E-state index in [-0.39, 0.29) is 0 Å². The van der Waals surface area contributed by atoms with Crippen LogP contribution in [0.5, 0.6) is 5.75 Å². The van der Waals surface area contributed by atoms with Crippen molar-refractivity contribution in [2.45, 2.75) is 0 Å². The minimum absolute atomic E-state index is 0.395. The van der Waals surface area contributed by atoms with Crippen LogP contribution in [0.2, 0.25) is 0 Å². The quantitative estimate of drug-likeness (QED) is 0.814. The summed E-state index contributed by atoms with van der Waals surface area (Å²) < 4.78 is 6.63. The lowest BCUT2D eigenvalue weighted by Crippen LogP contribution is -2.21. The lowest BCUT2D eigenvalue weighted by atomic mass is 10.0. The van der Waals surface area contributed by atoms with Crippen LogP contribution in [-0.2, 0) is 0 Å². The fourth-order valence-electron chi connectivity index (χ4n) is 1.58. The highest BCUT2D eigenvalue weighted by atomic mass is 79.9. The molecule has 2 N–H and O–H groups in total. The second-order valence-electron chi connectivity index (χ2n) is 3.57. The second-order valence-corrected chi connectivity index (χ2v) is 5.28. The van der Waals surface area contributed by atoms with Gasteiger partial charge in [0, 0.05) is 14.5 Å². The Hall–Kier alpha value is -0.815. The minimum Gasteiger partial charge on any atom is -0.511 e. The Labute approximate surface area is 122 Å². The Kier molecular flexibility index (Phi) is 4.45. The molecule has 6 heteroatoms. The Morgan fingerprint density at radius 1 is 0.944 bits per heavy atom. The summed E-state index contributed by atoms with van der Waals surface area (Å²) in [5.41, 5.74) is 1.71. The molecule has 0 saturated heterocycles. The van der Waals surface area contributed by atoms with Crippen molar-refractivity contribution in [1.82, 2.24) is 0 Å². The first-order valence-electron chi connectivity index (χ1n) is 5.15. The number of halogens is 2. The summed E-state index contributed by atoms with van der Waals surface area (Å²) in [7, 11) is -1.85. The SMILES string of the molecule is OB(O)Oc1cc(Br)c(Br)cc1-c1ccccc1. The van der Waals surface area contributed by atoms with E-state index in [2.05, 4.69) is 31.9 Å². The third kappa shape index (κ3) is 3.14. The van der Waals surface area contributed by atoms with Crippen LogP contribution in [0.1, 0.15) is 0 Å². The van der Waals surface area contributed by atoms with E-state index in [1.165, 1.54) is 0 Å². The fourth-order valence-corrected chi connectivity index (χ4v) is 2.25. The van der Waals surface area contributed by atoms with Crippen molar-refractivity contribution in [3.8, 4) is 16.9 Å². The number of hydrogen-bond donors (Lipinski definition) is 2. The number of benzene rings is 2. The summed E-state index contributed by atoms with van der Waals surface area (Å²) in [5, 5.41) is 17.9. The minimum atomic E-state index is -1.85. The third-order valence-electron chi connectivity index (χ3n) is 2.34. The first-order chi connectivity index (χ1) is 8.58. The van der Waals surface area contributed by atoms with E-state index in [9.17, 15) is 0 Å². The molecule has 0 bridgehead atoms. The fraction of sp³-hybridized carbons (Fsp3) is 0. The molecule has 0 atom stereocenters. The van der Waals surface area contributed by atoms with Crippen LogP contribution in [0.25, 0.3) is 11.1 Å². The molecule has 0 amide bonds. The molecule has 0 radical (unpaired) electrons. The summed E-state index contributed by atoms with van der Waals surface area (Å²) in [6, 6.07) is 13.1. The van der Waals surface area contributed by atoms with Crippen molar-refractivity contribution in [3.63, 3.8) is 0 Å². The van der Waals surface area contributed by atoms with Crippen molar-refractivity contribution in [3.05, 3.63) is 51.4 Å². The zero-order valence-corrected chi connectivity index (χ0v) is 12.3. The van der Waals surface area contributed by atoms with Crippen molar-refractivity contribution in [1.29, 1.82) is 0 Å². The molecule has 0 aromatic heterocycles. The highest BCUT2D eigenvalue weighted by Gasteiger charge is 2.16. The van der Waals surface area contributed by atoms with E-state index >= 15 is 0 Å². The maximum atomic E-state index is 8.94. The van der Waals surface area contributed by atoms with E-state index in [4.69, 9.17) is 14.7 Å². The van der Waals surface area contributed by atoms with Crippen molar-refractivity contribution >= 4 is 39.2 Å². The normalized spacial score (nSPS) is 10.2. The smallest absolute Gasteiger partial charge is 0.511 e. The molecule has 0 aliphatic rings. The Bertz CT molecular complexity index is 547. The highest BCUT2D eigenvalue weighted by Crippen LogP contribution is 2.37. The van der Waals surface area contributed by atoms with Gasteiger partial charge >= 0.3 is 7.32 Å². The lowest BCUT2D eigenvalue weighted by Gasteiger charge is -2.13. The molecule has 2 rings (SSSR count). The van der Waals surface area contributed by atoms with Crippen LogP contribution in [0.4, 0.5) is 0 Å². The van der Waals surface area contributed by atoms with Crippen LogP contribution in [0.15, 0.2) is 51.4 Å². The Morgan fingerprint density at radius 3 is 2.17 bits per heavy atom. The van der Waals surface area contributed by atoms with Crippen LogP contribution in [0, 0.1) is 0 Å². The highest BCUT2D eigenvalue weighted by molar-refractivity contribution is 9.13. The van der Waals surface area contributed by atoms with Crippen molar-refractivity contribution in [2.75, 3.05) is 0 Å². The van der Waals surface area contributed by atoms with Gasteiger partial charge in [-0.05, 0) is 49.6 Å². The zero-order chi connectivity index (χ0) is 13.1. The molecule has 3 nitrogen and oxygen atoms in total. The molecule has 0 aliphatic heterocycles. The van der Waals surface area contributed by atoms with Crippen LogP contribution < -0.4 is 4.65 Å². The second kappa shape index (κ2) is 5.88. The topological polar surface area (TPSA) is 49.7 Å². The standard InChI is InChI=1S/C12H9BBr2O3/c14-10-6-9(8-4-2-1-3-5-8)12(7-11(10)15)18-13(16)17/h1-7,16-17H. The first-order valence-corrected chi connectivity index (χ1v) is 6.74. The van der Waals surface area contributed by atoms with Gasteiger partial charge in [-0.2, -0.15) is 0 Å². The molecule has 0 unspecified atom stereocenters. The van der Waals surface area contributed by atoms with E-state index in [1.54, 1.807) is 6.07 Å². The van der Waals surface area contributed by atoms with E-state index < -0.39 is 7.32 Å². The molecule has 0 fully saturated rings. The van der Waals surface area contributed by atoms with Crippen molar-refractivity contribution in [2.24, 2.45) is 0 Å². The molecule has 18 heavy (non-hydrogen) atoms. The first kappa shape index (κ1) is 13.6. The van der Waals surface area contributed by atoms with Crippen LogP contribution in [-0.4, -0.2) is 17.4 Å². The summed E-state index contributed by atoms with van der Waals surface area (Å²) >= 11 is 6.77. The average molecular weight is 372 g/mol. The molecule has 2 aromatic rings. The molecule has 0 aliphatic carbocycles. The molecular formula is C12H9BBr2O3. The largest absolute Gasteiger partial charge is 0.707 e. The van der Waals surface area contributed by atoms with Gasteiger partial charge < -0.3 is 14.7 Å². The predicted octanol–water partition coefficient (Wildman–Crippen LogP) is 3.23. The molecule has 0 spiro atoms. The van der Waals surface area contributed by atoms with Gasteiger partial charge in [-0.25, -0.2) is 0 Å². The summed E-state index contributed by atoms with van der Waals surface area (Å²) in [6.45, 7) is 0. The van der Waals surface area contributed by atoms with Gasteiger partial charge in [0.1, 0.15) is 5.75 Å². The van der Waals surface area contributed by atoms with Gasteiger partial charge in [-0.15, -0.1) is 0 Å².